The average molecular weight is 292 g/mol. The zero-order valence-electron chi connectivity index (χ0n) is 13.4. The third-order valence-corrected chi connectivity index (χ3v) is 3.79. The minimum absolute atomic E-state index is 0.0632. The maximum Gasteiger partial charge on any atom is 0.220 e. The summed E-state index contributed by atoms with van der Waals surface area (Å²) >= 11 is 0. The minimum Gasteiger partial charge on any atom is -0.497 e. The van der Waals surface area contributed by atoms with Gasteiger partial charge < -0.3 is 15.8 Å². The molecule has 3 N–H and O–H groups in total. The number of ether oxygens (including phenoxy) is 1. The van der Waals surface area contributed by atoms with Gasteiger partial charge in [0.1, 0.15) is 5.75 Å². The molecule has 21 heavy (non-hydrogen) atoms. The van der Waals surface area contributed by atoms with E-state index >= 15 is 0 Å². The molecule has 0 saturated heterocycles. The number of carbonyl (C=O) groups excluding carboxylic acids is 1. The summed E-state index contributed by atoms with van der Waals surface area (Å²) in [6.07, 6.45) is 3.30. The van der Waals surface area contributed by atoms with Crippen molar-refractivity contribution < 1.29 is 9.53 Å². The highest BCUT2D eigenvalue weighted by atomic mass is 16.5. The maximum atomic E-state index is 12.1. The second-order valence-corrected chi connectivity index (χ2v) is 5.52. The quantitative estimate of drug-likeness (QED) is 0.735. The Labute approximate surface area is 128 Å². The Morgan fingerprint density at radius 1 is 1.29 bits per heavy atom. The zero-order chi connectivity index (χ0) is 15.7. The van der Waals surface area contributed by atoms with Crippen molar-refractivity contribution in [1.82, 2.24) is 5.32 Å². The van der Waals surface area contributed by atoms with Crippen molar-refractivity contribution in [3.63, 3.8) is 0 Å². The number of nitrogens with two attached hydrogens (primary N) is 1. The van der Waals surface area contributed by atoms with Crippen LogP contribution in [0.1, 0.15) is 51.1 Å². The number of amides is 1. The van der Waals surface area contributed by atoms with Crippen molar-refractivity contribution in [3.05, 3.63) is 29.8 Å². The molecule has 2 atom stereocenters. The molecule has 0 heterocycles. The summed E-state index contributed by atoms with van der Waals surface area (Å²) < 4.78 is 5.15. The fourth-order valence-electron chi connectivity index (χ4n) is 2.33. The smallest absolute Gasteiger partial charge is 0.220 e. The van der Waals surface area contributed by atoms with Crippen LogP contribution in [-0.4, -0.2) is 19.6 Å². The van der Waals surface area contributed by atoms with Crippen LogP contribution in [0.3, 0.4) is 0 Å². The van der Waals surface area contributed by atoms with Gasteiger partial charge in [-0.2, -0.15) is 0 Å². The molecule has 0 aliphatic rings. The largest absolute Gasteiger partial charge is 0.497 e. The number of nitrogens with one attached hydrogen (secondary N) is 1. The highest BCUT2D eigenvalue weighted by Gasteiger charge is 2.13. The Kier molecular flexibility index (Phi) is 7.83. The molecule has 1 aromatic rings. The number of methoxy groups -OCH3 is 1. The van der Waals surface area contributed by atoms with E-state index < -0.39 is 0 Å². The second kappa shape index (κ2) is 9.40. The van der Waals surface area contributed by atoms with Crippen molar-refractivity contribution in [2.24, 2.45) is 11.7 Å². The van der Waals surface area contributed by atoms with Gasteiger partial charge in [-0.05, 0) is 49.4 Å². The predicted molar refractivity (Wildman–Crippen MR) is 86.2 cm³/mol. The van der Waals surface area contributed by atoms with Crippen LogP contribution >= 0.6 is 0 Å². The lowest BCUT2D eigenvalue weighted by molar-refractivity contribution is -0.122. The molecule has 0 radical (unpaired) electrons. The van der Waals surface area contributed by atoms with E-state index in [9.17, 15) is 4.79 Å². The van der Waals surface area contributed by atoms with E-state index in [1.807, 2.05) is 24.3 Å². The highest BCUT2D eigenvalue weighted by molar-refractivity contribution is 5.76. The fraction of sp³-hybridized carbons (Fsp3) is 0.588. The van der Waals surface area contributed by atoms with Gasteiger partial charge in [0.2, 0.25) is 5.91 Å². The molecule has 0 aliphatic heterocycles. The first kappa shape index (κ1) is 17.5. The third-order valence-electron chi connectivity index (χ3n) is 3.79. The Hall–Kier alpha value is -1.55. The standard InChI is InChI=1S/C17H28N2O2/c1-4-16(14-6-8-15(21-3)9-7-14)19-17(20)10-5-13(2)11-12-18/h6-9,13,16H,4-5,10-12,18H2,1-3H3,(H,19,20). The van der Waals surface area contributed by atoms with Gasteiger partial charge in [-0.3, -0.25) is 4.79 Å². The van der Waals surface area contributed by atoms with E-state index in [1.165, 1.54) is 0 Å². The van der Waals surface area contributed by atoms with Gasteiger partial charge in [-0.15, -0.1) is 0 Å². The Morgan fingerprint density at radius 2 is 1.95 bits per heavy atom. The number of hydrogen-bond acceptors (Lipinski definition) is 3. The van der Waals surface area contributed by atoms with Crippen LogP contribution in [0.15, 0.2) is 24.3 Å². The summed E-state index contributed by atoms with van der Waals surface area (Å²) in [5.74, 6) is 1.44. The molecule has 4 nitrogen and oxygen atoms in total. The highest BCUT2D eigenvalue weighted by Crippen LogP contribution is 2.20. The molecule has 0 bridgehead atoms. The van der Waals surface area contributed by atoms with E-state index in [4.69, 9.17) is 10.5 Å². The van der Waals surface area contributed by atoms with Gasteiger partial charge in [0.25, 0.3) is 0 Å². The van der Waals surface area contributed by atoms with E-state index in [-0.39, 0.29) is 11.9 Å². The molecule has 1 aromatic carbocycles. The van der Waals surface area contributed by atoms with Crippen LogP contribution in [0, 0.1) is 5.92 Å². The number of carbonyl (C=O) groups is 1. The zero-order valence-corrected chi connectivity index (χ0v) is 13.4. The number of rotatable bonds is 9. The summed E-state index contributed by atoms with van der Waals surface area (Å²) in [5, 5.41) is 3.11. The van der Waals surface area contributed by atoms with Gasteiger partial charge in [0.15, 0.2) is 0 Å². The molecule has 2 unspecified atom stereocenters. The van der Waals surface area contributed by atoms with Crippen molar-refractivity contribution in [1.29, 1.82) is 0 Å². The van der Waals surface area contributed by atoms with Crippen LogP contribution in [0.2, 0.25) is 0 Å². The summed E-state index contributed by atoms with van der Waals surface area (Å²) in [7, 11) is 1.65. The molecule has 1 amide bonds. The van der Waals surface area contributed by atoms with Crippen molar-refractivity contribution in [3.8, 4) is 5.75 Å². The lowest BCUT2D eigenvalue weighted by atomic mass is 10.0. The van der Waals surface area contributed by atoms with Crippen LogP contribution in [0.5, 0.6) is 5.75 Å². The molecular weight excluding hydrogens is 264 g/mol. The summed E-state index contributed by atoms with van der Waals surface area (Å²) in [6, 6.07) is 7.92. The maximum absolute atomic E-state index is 12.1. The normalized spacial score (nSPS) is 13.5. The molecule has 0 fully saturated rings. The topological polar surface area (TPSA) is 64.4 Å². The number of benzene rings is 1. The molecular formula is C17H28N2O2. The van der Waals surface area contributed by atoms with Gasteiger partial charge >= 0.3 is 0 Å². The minimum atomic E-state index is 0.0632. The predicted octanol–water partition coefficient (Wildman–Crippen LogP) is 3.03. The lowest BCUT2D eigenvalue weighted by Crippen LogP contribution is -2.28. The molecule has 1 rings (SSSR count). The van der Waals surface area contributed by atoms with E-state index in [0.29, 0.717) is 18.9 Å². The second-order valence-electron chi connectivity index (χ2n) is 5.52. The van der Waals surface area contributed by atoms with Crippen molar-refractivity contribution in [2.75, 3.05) is 13.7 Å². The SMILES string of the molecule is CCC(NC(=O)CCC(C)CCN)c1ccc(OC)cc1. The molecule has 0 aliphatic carbocycles. The summed E-state index contributed by atoms with van der Waals surface area (Å²) in [6.45, 7) is 4.90. The Balaban J connectivity index is 2.50. The first-order valence-corrected chi connectivity index (χ1v) is 7.74. The Bertz CT molecular complexity index is 417. The van der Waals surface area contributed by atoms with Crippen LogP contribution in [0.4, 0.5) is 0 Å². The van der Waals surface area contributed by atoms with Gasteiger partial charge in [-0.25, -0.2) is 0 Å². The van der Waals surface area contributed by atoms with Gasteiger partial charge in [0.05, 0.1) is 13.2 Å². The van der Waals surface area contributed by atoms with Crippen LogP contribution in [-0.2, 0) is 4.79 Å². The molecule has 0 saturated carbocycles. The molecule has 0 aromatic heterocycles. The number of hydrogen-bond donors (Lipinski definition) is 2. The van der Waals surface area contributed by atoms with Crippen LogP contribution in [0.25, 0.3) is 0 Å². The molecule has 4 heteroatoms. The first-order chi connectivity index (χ1) is 10.1. The van der Waals surface area contributed by atoms with Crippen molar-refractivity contribution in [2.45, 2.75) is 45.6 Å². The van der Waals surface area contributed by atoms with E-state index in [0.717, 1.165) is 30.6 Å². The third kappa shape index (κ3) is 6.17. The van der Waals surface area contributed by atoms with Gasteiger partial charge in [-0.1, -0.05) is 26.0 Å². The first-order valence-electron chi connectivity index (χ1n) is 7.74. The lowest BCUT2D eigenvalue weighted by Gasteiger charge is -2.18. The van der Waals surface area contributed by atoms with Gasteiger partial charge in [0, 0.05) is 6.42 Å². The van der Waals surface area contributed by atoms with E-state index in [1.54, 1.807) is 7.11 Å². The monoisotopic (exact) mass is 292 g/mol. The van der Waals surface area contributed by atoms with E-state index in [2.05, 4.69) is 19.2 Å². The molecule has 118 valence electrons. The van der Waals surface area contributed by atoms with Crippen molar-refractivity contribution >= 4 is 5.91 Å². The molecule has 0 spiro atoms. The summed E-state index contributed by atoms with van der Waals surface area (Å²) in [5.41, 5.74) is 6.64. The fourth-order valence-corrected chi connectivity index (χ4v) is 2.33. The average Bonchev–Trinajstić information content (AvgIpc) is 2.51. The Morgan fingerprint density at radius 3 is 2.48 bits per heavy atom. The van der Waals surface area contributed by atoms with Crippen LogP contribution < -0.4 is 15.8 Å². The summed E-state index contributed by atoms with van der Waals surface area (Å²) in [4.78, 5) is 12.1.